The molecule has 6 nitrogen and oxygen atoms in total. The Hall–Kier alpha value is -2.34. The first kappa shape index (κ1) is 14.1. The molecule has 1 aromatic heterocycles. The average molecular weight is 294 g/mol. The van der Waals surface area contributed by atoms with Crippen molar-refractivity contribution < 1.29 is 14.7 Å². The van der Waals surface area contributed by atoms with Crippen molar-refractivity contribution in [1.29, 1.82) is 0 Å². The van der Waals surface area contributed by atoms with Crippen LogP contribution in [-0.2, 0) is 11.3 Å². The van der Waals surface area contributed by atoms with Crippen molar-refractivity contribution in [2.24, 2.45) is 0 Å². The monoisotopic (exact) mass is 293 g/mol. The maximum Gasteiger partial charge on any atom is 0.354 e. The van der Waals surface area contributed by atoms with Crippen molar-refractivity contribution >= 4 is 29.2 Å². The molecule has 1 amide bonds. The maximum absolute atomic E-state index is 11.8. The summed E-state index contributed by atoms with van der Waals surface area (Å²) >= 11 is 5.96. The normalized spacial score (nSPS) is 10.3. The Balaban J connectivity index is 2.07. The van der Waals surface area contributed by atoms with E-state index in [0.29, 0.717) is 10.7 Å². The van der Waals surface area contributed by atoms with E-state index < -0.39 is 5.97 Å². The van der Waals surface area contributed by atoms with Crippen molar-refractivity contribution in [1.82, 2.24) is 9.78 Å². The number of rotatable bonds is 4. The molecule has 7 heteroatoms. The number of hydrogen-bond acceptors (Lipinski definition) is 3. The first-order valence-electron chi connectivity index (χ1n) is 5.78. The third-order valence-electron chi connectivity index (χ3n) is 2.68. The zero-order chi connectivity index (χ0) is 14.7. The van der Waals surface area contributed by atoms with E-state index in [9.17, 15) is 9.59 Å². The third-order valence-corrected chi connectivity index (χ3v) is 3.09. The number of amides is 1. The van der Waals surface area contributed by atoms with Gasteiger partial charge in [-0.2, -0.15) is 5.10 Å². The Morgan fingerprint density at radius 2 is 2.15 bits per heavy atom. The van der Waals surface area contributed by atoms with Crippen LogP contribution in [0.4, 0.5) is 5.69 Å². The largest absolute Gasteiger partial charge is 0.477 e. The minimum atomic E-state index is -1.13. The van der Waals surface area contributed by atoms with Crippen molar-refractivity contribution in [2.75, 3.05) is 5.32 Å². The van der Waals surface area contributed by atoms with E-state index in [1.54, 1.807) is 18.2 Å². The van der Waals surface area contributed by atoms with Crippen molar-refractivity contribution in [3.8, 4) is 0 Å². The summed E-state index contributed by atoms with van der Waals surface area (Å²) < 4.78 is 1.12. The van der Waals surface area contributed by atoms with E-state index in [2.05, 4.69) is 10.4 Å². The van der Waals surface area contributed by atoms with Gasteiger partial charge in [-0.1, -0.05) is 17.7 Å². The highest BCUT2D eigenvalue weighted by Gasteiger charge is 2.13. The highest BCUT2D eigenvalue weighted by Crippen LogP contribution is 2.19. The Morgan fingerprint density at radius 1 is 1.40 bits per heavy atom. The Morgan fingerprint density at radius 3 is 2.80 bits per heavy atom. The standard InChI is InChI=1S/C13H12ClN3O3/c1-8-2-3-9(6-10(8)14)16-12(18)7-17-11(13(19)20)4-5-15-17/h2-6H,7H2,1H3,(H,16,18)(H,19,20). The fraction of sp³-hybridized carbons (Fsp3) is 0.154. The lowest BCUT2D eigenvalue weighted by Gasteiger charge is -2.08. The maximum atomic E-state index is 11.8. The van der Waals surface area contributed by atoms with Gasteiger partial charge >= 0.3 is 5.97 Å². The van der Waals surface area contributed by atoms with E-state index in [1.807, 2.05) is 6.92 Å². The van der Waals surface area contributed by atoms with Gasteiger partial charge in [0, 0.05) is 16.9 Å². The van der Waals surface area contributed by atoms with Gasteiger partial charge in [-0.05, 0) is 30.7 Å². The number of carboxylic acid groups (broad SMARTS) is 1. The van der Waals surface area contributed by atoms with E-state index in [4.69, 9.17) is 16.7 Å². The number of nitrogens with zero attached hydrogens (tertiary/aromatic N) is 2. The van der Waals surface area contributed by atoms with Gasteiger partial charge in [0.25, 0.3) is 0 Å². The second-order valence-electron chi connectivity index (χ2n) is 4.19. The number of nitrogens with one attached hydrogen (secondary N) is 1. The Bertz CT molecular complexity index is 667. The number of aromatic nitrogens is 2. The summed E-state index contributed by atoms with van der Waals surface area (Å²) in [6, 6.07) is 6.48. The van der Waals surface area contributed by atoms with Gasteiger partial charge in [-0.3, -0.25) is 4.79 Å². The zero-order valence-corrected chi connectivity index (χ0v) is 11.4. The number of aryl methyl sites for hydroxylation is 1. The van der Waals surface area contributed by atoms with Crippen LogP contribution in [0.3, 0.4) is 0 Å². The molecule has 2 aromatic rings. The molecule has 0 aliphatic carbocycles. The Labute approximate surface area is 120 Å². The summed E-state index contributed by atoms with van der Waals surface area (Å²) in [7, 11) is 0. The summed E-state index contributed by atoms with van der Waals surface area (Å²) in [5.74, 6) is -1.51. The molecular formula is C13H12ClN3O3. The zero-order valence-electron chi connectivity index (χ0n) is 10.6. The van der Waals surface area contributed by atoms with Crippen LogP contribution in [0.5, 0.6) is 0 Å². The molecule has 0 bridgehead atoms. The molecule has 0 aliphatic rings. The van der Waals surface area contributed by atoms with E-state index >= 15 is 0 Å². The van der Waals surface area contributed by atoms with Gasteiger partial charge in [0.15, 0.2) is 0 Å². The predicted molar refractivity (Wildman–Crippen MR) is 74.0 cm³/mol. The molecule has 0 atom stereocenters. The molecule has 0 spiro atoms. The van der Waals surface area contributed by atoms with Gasteiger partial charge < -0.3 is 10.4 Å². The molecule has 0 fully saturated rings. The first-order valence-corrected chi connectivity index (χ1v) is 6.16. The van der Waals surface area contributed by atoms with Crippen LogP contribution in [0.1, 0.15) is 16.1 Å². The lowest BCUT2D eigenvalue weighted by molar-refractivity contribution is -0.116. The number of carbonyl (C=O) groups excluding carboxylic acids is 1. The van der Waals surface area contributed by atoms with Crippen LogP contribution in [-0.4, -0.2) is 26.8 Å². The fourth-order valence-electron chi connectivity index (χ4n) is 1.65. The molecule has 20 heavy (non-hydrogen) atoms. The van der Waals surface area contributed by atoms with Gasteiger partial charge in [0.05, 0.1) is 0 Å². The molecule has 0 aliphatic heterocycles. The van der Waals surface area contributed by atoms with Crippen LogP contribution in [0.2, 0.25) is 5.02 Å². The van der Waals surface area contributed by atoms with Gasteiger partial charge in [0.2, 0.25) is 5.91 Å². The van der Waals surface area contributed by atoms with E-state index in [1.165, 1.54) is 12.3 Å². The van der Waals surface area contributed by atoms with Crippen LogP contribution in [0.25, 0.3) is 0 Å². The number of halogens is 1. The summed E-state index contributed by atoms with van der Waals surface area (Å²) in [5, 5.41) is 15.9. The summed E-state index contributed by atoms with van der Waals surface area (Å²) in [6.45, 7) is 1.68. The molecule has 104 valence electrons. The predicted octanol–water partition coefficient (Wildman–Crippen LogP) is 2.18. The highest BCUT2D eigenvalue weighted by atomic mass is 35.5. The number of aromatic carboxylic acids is 1. The number of carbonyl (C=O) groups is 2. The molecule has 2 N–H and O–H groups in total. The minimum absolute atomic E-state index is 0.0397. The molecule has 0 saturated carbocycles. The quantitative estimate of drug-likeness (QED) is 0.905. The average Bonchev–Trinajstić information content (AvgIpc) is 2.82. The molecular weight excluding hydrogens is 282 g/mol. The van der Waals surface area contributed by atoms with Crippen molar-refractivity contribution in [3.05, 3.63) is 46.7 Å². The van der Waals surface area contributed by atoms with Gasteiger partial charge in [-0.15, -0.1) is 0 Å². The van der Waals surface area contributed by atoms with Crippen LogP contribution >= 0.6 is 11.6 Å². The molecule has 0 unspecified atom stereocenters. The van der Waals surface area contributed by atoms with Crippen molar-refractivity contribution in [2.45, 2.75) is 13.5 Å². The second kappa shape index (κ2) is 5.75. The van der Waals surface area contributed by atoms with E-state index in [-0.39, 0.29) is 18.1 Å². The Kier molecular flexibility index (Phi) is 4.05. The fourth-order valence-corrected chi connectivity index (χ4v) is 1.83. The smallest absolute Gasteiger partial charge is 0.354 e. The number of benzene rings is 1. The topological polar surface area (TPSA) is 84.2 Å². The van der Waals surface area contributed by atoms with Gasteiger partial charge in [-0.25, -0.2) is 9.48 Å². The van der Waals surface area contributed by atoms with Crippen LogP contribution in [0, 0.1) is 6.92 Å². The molecule has 2 rings (SSSR count). The summed E-state index contributed by atoms with van der Waals surface area (Å²) in [5.41, 5.74) is 1.42. The first-order chi connectivity index (χ1) is 9.47. The third kappa shape index (κ3) is 3.16. The van der Waals surface area contributed by atoms with Gasteiger partial charge in [0.1, 0.15) is 12.2 Å². The second-order valence-corrected chi connectivity index (χ2v) is 4.60. The summed E-state index contributed by atoms with van der Waals surface area (Å²) in [6.07, 6.45) is 1.33. The highest BCUT2D eigenvalue weighted by molar-refractivity contribution is 6.31. The summed E-state index contributed by atoms with van der Waals surface area (Å²) in [4.78, 5) is 22.7. The van der Waals surface area contributed by atoms with E-state index in [0.717, 1.165) is 10.2 Å². The van der Waals surface area contributed by atoms with Crippen LogP contribution < -0.4 is 5.32 Å². The SMILES string of the molecule is Cc1ccc(NC(=O)Cn2nccc2C(=O)O)cc1Cl. The minimum Gasteiger partial charge on any atom is -0.477 e. The number of carboxylic acids is 1. The van der Waals surface area contributed by atoms with Crippen LogP contribution in [0.15, 0.2) is 30.5 Å². The molecule has 0 radical (unpaired) electrons. The van der Waals surface area contributed by atoms with Crippen molar-refractivity contribution in [3.63, 3.8) is 0 Å². The molecule has 1 heterocycles. The number of hydrogen-bond donors (Lipinski definition) is 2. The molecule has 0 saturated heterocycles. The number of anilines is 1. The molecule has 1 aromatic carbocycles. The lowest BCUT2D eigenvalue weighted by Crippen LogP contribution is -2.22. The lowest BCUT2D eigenvalue weighted by atomic mass is 10.2.